The van der Waals surface area contributed by atoms with Gasteiger partial charge in [-0.1, -0.05) is 22.0 Å². The number of nitrogen functional groups attached to an aromatic ring is 1. The van der Waals surface area contributed by atoms with Crippen molar-refractivity contribution in [1.82, 2.24) is 4.98 Å². The van der Waals surface area contributed by atoms with E-state index in [9.17, 15) is 0 Å². The van der Waals surface area contributed by atoms with Crippen LogP contribution in [0.2, 0.25) is 0 Å². The second-order valence-electron chi connectivity index (χ2n) is 4.28. The standard InChI is InChI=1S/C14H16BrN3S/c15-11-3-5-13(6-4-11)19-9-12(16)8-10-2-1-7-18-14(10)17/h1-7,12H,8-9,16H2,(H2,17,18). The summed E-state index contributed by atoms with van der Waals surface area (Å²) in [5, 5.41) is 0. The Morgan fingerprint density at radius 2 is 1.95 bits per heavy atom. The topological polar surface area (TPSA) is 64.9 Å². The first-order valence-corrected chi connectivity index (χ1v) is 7.76. The van der Waals surface area contributed by atoms with Gasteiger partial charge >= 0.3 is 0 Å². The molecule has 0 fully saturated rings. The smallest absolute Gasteiger partial charge is 0.126 e. The lowest BCUT2D eigenvalue weighted by molar-refractivity contribution is 0.748. The number of nitrogens with two attached hydrogens (primary N) is 2. The van der Waals surface area contributed by atoms with E-state index in [0.29, 0.717) is 5.82 Å². The minimum absolute atomic E-state index is 0.0696. The first-order valence-electron chi connectivity index (χ1n) is 5.98. The molecule has 1 unspecified atom stereocenters. The molecule has 0 spiro atoms. The molecule has 1 aromatic carbocycles. The van der Waals surface area contributed by atoms with Gasteiger partial charge in [-0.25, -0.2) is 4.98 Å². The molecule has 2 rings (SSSR count). The van der Waals surface area contributed by atoms with E-state index < -0.39 is 0 Å². The molecule has 0 bridgehead atoms. The molecule has 0 aliphatic heterocycles. The van der Waals surface area contributed by atoms with E-state index in [4.69, 9.17) is 11.5 Å². The Bertz CT molecular complexity index is 530. The van der Waals surface area contributed by atoms with Crippen molar-refractivity contribution >= 4 is 33.5 Å². The third-order valence-corrected chi connectivity index (χ3v) is 4.41. The van der Waals surface area contributed by atoms with Gasteiger partial charge in [0.05, 0.1) is 0 Å². The van der Waals surface area contributed by atoms with Gasteiger partial charge in [0, 0.05) is 27.4 Å². The van der Waals surface area contributed by atoms with Crippen LogP contribution in [-0.2, 0) is 6.42 Å². The van der Waals surface area contributed by atoms with Crippen LogP contribution in [0.1, 0.15) is 5.56 Å². The maximum absolute atomic E-state index is 6.14. The van der Waals surface area contributed by atoms with Gasteiger partial charge in [-0.2, -0.15) is 0 Å². The number of anilines is 1. The molecule has 2 aromatic rings. The van der Waals surface area contributed by atoms with Crippen molar-refractivity contribution < 1.29 is 0 Å². The van der Waals surface area contributed by atoms with Gasteiger partial charge in [0.1, 0.15) is 5.82 Å². The van der Waals surface area contributed by atoms with Crippen LogP contribution < -0.4 is 11.5 Å². The van der Waals surface area contributed by atoms with Crippen LogP contribution in [0, 0.1) is 0 Å². The van der Waals surface area contributed by atoms with Gasteiger partial charge in [0.15, 0.2) is 0 Å². The lowest BCUT2D eigenvalue weighted by Crippen LogP contribution is -2.26. The Kier molecular flexibility index (Phi) is 5.24. The van der Waals surface area contributed by atoms with Crippen molar-refractivity contribution in [2.45, 2.75) is 17.4 Å². The molecular weight excluding hydrogens is 322 g/mol. The first-order chi connectivity index (χ1) is 9.15. The van der Waals surface area contributed by atoms with Crippen molar-refractivity contribution in [1.29, 1.82) is 0 Å². The lowest BCUT2D eigenvalue weighted by Gasteiger charge is -2.12. The average Bonchev–Trinajstić information content (AvgIpc) is 2.41. The second-order valence-corrected chi connectivity index (χ2v) is 6.29. The lowest BCUT2D eigenvalue weighted by atomic mass is 10.1. The summed E-state index contributed by atoms with van der Waals surface area (Å²) >= 11 is 5.18. The Morgan fingerprint density at radius 3 is 2.63 bits per heavy atom. The molecule has 0 radical (unpaired) electrons. The summed E-state index contributed by atoms with van der Waals surface area (Å²) in [6.07, 6.45) is 2.45. The van der Waals surface area contributed by atoms with Crippen molar-refractivity contribution in [3.8, 4) is 0 Å². The summed E-state index contributed by atoms with van der Waals surface area (Å²) in [4.78, 5) is 5.29. The van der Waals surface area contributed by atoms with E-state index in [0.717, 1.165) is 22.2 Å². The highest BCUT2D eigenvalue weighted by Crippen LogP contribution is 2.22. The van der Waals surface area contributed by atoms with Gasteiger partial charge < -0.3 is 11.5 Å². The zero-order valence-electron chi connectivity index (χ0n) is 10.4. The number of hydrogen-bond acceptors (Lipinski definition) is 4. The molecule has 0 saturated carbocycles. The number of pyridine rings is 1. The monoisotopic (exact) mass is 337 g/mol. The Hall–Kier alpha value is -1.04. The number of thioether (sulfide) groups is 1. The summed E-state index contributed by atoms with van der Waals surface area (Å²) in [6.45, 7) is 0. The highest BCUT2D eigenvalue weighted by molar-refractivity contribution is 9.10. The number of rotatable bonds is 5. The van der Waals surface area contributed by atoms with Crippen LogP contribution in [0.4, 0.5) is 5.82 Å². The number of halogens is 1. The van der Waals surface area contributed by atoms with Gasteiger partial charge in [-0.3, -0.25) is 0 Å². The van der Waals surface area contributed by atoms with Gasteiger partial charge in [0.25, 0.3) is 0 Å². The largest absolute Gasteiger partial charge is 0.383 e. The molecule has 1 heterocycles. The number of hydrogen-bond donors (Lipinski definition) is 2. The highest BCUT2D eigenvalue weighted by Gasteiger charge is 2.08. The highest BCUT2D eigenvalue weighted by atomic mass is 79.9. The molecule has 4 N–H and O–H groups in total. The van der Waals surface area contributed by atoms with Crippen LogP contribution in [0.3, 0.4) is 0 Å². The van der Waals surface area contributed by atoms with E-state index in [1.807, 2.05) is 24.3 Å². The fourth-order valence-corrected chi connectivity index (χ4v) is 2.82. The summed E-state index contributed by atoms with van der Waals surface area (Å²) in [6, 6.07) is 12.2. The van der Waals surface area contributed by atoms with Gasteiger partial charge in [0.2, 0.25) is 0 Å². The third-order valence-electron chi connectivity index (χ3n) is 2.69. The molecule has 0 aliphatic carbocycles. The normalized spacial score (nSPS) is 12.3. The molecule has 1 atom stereocenters. The molecule has 0 saturated heterocycles. The van der Waals surface area contributed by atoms with Crippen LogP contribution in [0.25, 0.3) is 0 Å². The van der Waals surface area contributed by atoms with Crippen LogP contribution in [0.15, 0.2) is 52.0 Å². The maximum Gasteiger partial charge on any atom is 0.126 e. The zero-order chi connectivity index (χ0) is 13.7. The minimum Gasteiger partial charge on any atom is -0.383 e. The fraction of sp³-hybridized carbons (Fsp3) is 0.214. The molecule has 0 amide bonds. The molecular formula is C14H16BrN3S. The van der Waals surface area contributed by atoms with Crippen molar-refractivity contribution in [2.75, 3.05) is 11.5 Å². The maximum atomic E-state index is 6.14. The predicted molar refractivity (Wildman–Crippen MR) is 85.2 cm³/mol. The second kappa shape index (κ2) is 6.93. The summed E-state index contributed by atoms with van der Waals surface area (Å²) in [5.41, 5.74) is 13.0. The number of nitrogens with zero attached hydrogens (tertiary/aromatic N) is 1. The van der Waals surface area contributed by atoms with E-state index >= 15 is 0 Å². The molecule has 0 aliphatic rings. The zero-order valence-corrected chi connectivity index (χ0v) is 12.8. The predicted octanol–water partition coefficient (Wildman–Crippen LogP) is 3.09. The van der Waals surface area contributed by atoms with Gasteiger partial charge in [-0.15, -0.1) is 11.8 Å². The molecule has 5 heteroatoms. The molecule has 100 valence electrons. The van der Waals surface area contributed by atoms with E-state index in [2.05, 4.69) is 33.0 Å². The molecule has 1 aromatic heterocycles. The van der Waals surface area contributed by atoms with Crippen LogP contribution in [-0.4, -0.2) is 16.8 Å². The van der Waals surface area contributed by atoms with Crippen molar-refractivity contribution in [3.63, 3.8) is 0 Å². The summed E-state index contributed by atoms with van der Waals surface area (Å²) < 4.78 is 1.09. The van der Waals surface area contributed by atoms with E-state index in [-0.39, 0.29) is 6.04 Å². The number of benzene rings is 1. The van der Waals surface area contributed by atoms with Crippen molar-refractivity contribution in [2.24, 2.45) is 5.73 Å². The van der Waals surface area contributed by atoms with Crippen LogP contribution >= 0.6 is 27.7 Å². The summed E-state index contributed by atoms with van der Waals surface area (Å²) in [7, 11) is 0. The Labute approximate surface area is 125 Å². The van der Waals surface area contributed by atoms with E-state index in [1.165, 1.54) is 4.90 Å². The fourth-order valence-electron chi connectivity index (χ4n) is 1.70. The minimum atomic E-state index is 0.0696. The van der Waals surface area contributed by atoms with Crippen LogP contribution in [0.5, 0.6) is 0 Å². The van der Waals surface area contributed by atoms with Gasteiger partial charge in [-0.05, 0) is 42.3 Å². The van der Waals surface area contributed by atoms with Crippen molar-refractivity contribution in [3.05, 3.63) is 52.6 Å². The average molecular weight is 338 g/mol. The number of aromatic nitrogens is 1. The quantitative estimate of drug-likeness (QED) is 0.823. The Balaban J connectivity index is 1.86. The molecule has 3 nitrogen and oxygen atoms in total. The first kappa shape index (κ1) is 14.4. The third kappa shape index (κ3) is 4.53. The summed E-state index contributed by atoms with van der Waals surface area (Å²) in [5.74, 6) is 1.43. The SMILES string of the molecule is Nc1ncccc1CC(N)CSc1ccc(Br)cc1. The van der Waals surface area contributed by atoms with E-state index in [1.54, 1.807) is 18.0 Å². The Morgan fingerprint density at radius 1 is 1.21 bits per heavy atom. The molecule has 19 heavy (non-hydrogen) atoms.